The standard InChI is InChI=1S/C6H16N4/c1-6(2)5-10(4)9-8-7-3/h6,8-9H,3,5H2,1-2,4H3. The molecule has 0 heterocycles. The molecule has 0 saturated carbocycles. The average molecular weight is 144 g/mol. The lowest BCUT2D eigenvalue weighted by atomic mass is 10.2. The van der Waals surface area contributed by atoms with Crippen LogP contribution < -0.4 is 11.1 Å². The van der Waals surface area contributed by atoms with Crippen LogP contribution in [0, 0.1) is 5.92 Å². The first-order valence-electron chi connectivity index (χ1n) is 3.34. The monoisotopic (exact) mass is 144 g/mol. The second-order valence-corrected chi connectivity index (χ2v) is 2.66. The Kier molecular flexibility index (Phi) is 4.88. The molecule has 4 nitrogen and oxygen atoms in total. The van der Waals surface area contributed by atoms with E-state index in [-0.39, 0.29) is 0 Å². The van der Waals surface area contributed by atoms with Gasteiger partial charge < -0.3 is 0 Å². The van der Waals surface area contributed by atoms with E-state index in [9.17, 15) is 0 Å². The summed E-state index contributed by atoms with van der Waals surface area (Å²) in [5.74, 6) is 0.643. The van der Waals surface area contributed by atoms with E-state index in [1.165, 1.54) is 0 Å². The van der Waals surface area contributed by atoms with Gasteiger partial charge in [0.05, 0.1) is 0 Å². The van der Waals surface area contributed by atoms with E-state index in [1.807, 2.05) is 12.1 Å². The fourth-order valence-electron chi connectivity index (χ4n) is 0.714. The van der Waals surface area contributed by atoms with Crippen LogP contribution in [0.2, 0.25) is 0 Å². The molecule has 0 aliphatic carbocycles. The molecule has 0 aliphatic rings. The maximum absolute atomic E-state index is 3.43. The van der Waals surface area contributed by atoms with E-state index in [4.69, 9.17) is 0 Å². The Bertz CT molecular complexity index is 91.7. The molecule has 0 atom stereocenters. The minimum atomic E-state index is 0.643. The summed E-state index contributed by atoms with van der Waals surface area (Å²) in [6.07, 6.45) is 0. The average Bonchev–Trinajstić information content (AvgIpc) is 1.82. The normalized spacial score (nSPS) is 10.5. The van der Waals surface area contributed by atoms with Crippen molar-refractivity contribution in [2.75, 3.05) is 13.6 Å². The zero-order valence-electron chi connectivity index (χ0n) is 6.89. The predicted molar refractivity (Wildman–Crippen MR) is 43.3 cm³/mol. The Balaban J connectivity index is 3.24. The van der Waals surface area contributed by atoms with E-state index >= 15 is 0 Å². The Morgan fingerprint density at radius 3 is 2.60 bits per heavy atom. The highest BCUT2D eigenvalue weighted by atomic mass is 15.8. The topological polar surface area (TPSA) is 39.7 Å². The molecule has 0 aromatic rings. The van der Waals surface area contributed by atoms with Crippen molar-refractivity contribution in [3.63, 3.8) is 0 Å². The van der Waals surface area contributed by atoms with Gasteiger partial charge in [0.1, 0.15) is 0 Å². The number of rotatable bonds is 5. The van der Waals surface area contributed by atoms with Crippen molar-refractivity contribution < 1.29 is 0 Å². The smallest absolute Gasteiger partial charge is 0.0168 e. The molecule has 0 saturated heterocycles. The molecule has 0 unspecified atom stereocenters. The van der Waals surface area contributed by atoms with Crippen LogP contribution in [0.4, 0.5) is 0 Å². The van der Waals surface area contributed by atoms with E-state index in [0.717, 1.165) is 6.54 Å². The van der Waals surface area contributed by atoms with E-state index in [0.29, 0.717) is 5.92 Å². The van der Waals surface area contributed by atoms with Gasteiger partial charge in [-0.25, -0.2) is 10.5 Å². The molecular weight excluding hydrogens is 128 g/mol. The summed E-state index contributed by atoms with van der Waals surface area (Å²) >= 11 is 0. The number of hydrogen-bond acceptors (Lipinski definition) is 4. The number of hydrogen-bond donors (Lipinski definition) is 2. The van der Waals surface area contributed by atoms with Gasteiger partial charge in [0.2, 0.25) is 0 Å². The van der Waals surface area contributed by atoms with Crippen LogP contribution in [0.5, 0.6) is 0 Å². The molecule has 0 aromatic carbocycles. The summed E-state index contributed by atoms with van der Waals surface area (Å²) in [4.78, 5) is 0. The first kappa shape index (κ1) is 9.39. The van der Waals surface area contributed by atoms with Gasteiger partial charge in [-0.1, -0.05) is 13.8 Å². The number of hydrazine groups is 2. The first-order chi connectivity index (χ1) is 4.66. The molecule has 10 heavy (non-hydrogen) atoms. The zero-order chi connectivity index (χ0) is 7.98. The highest BCUT2D eigenvalue weighted by Gasteiger charge is 1.97. The van der Waals surface area contributed by atoms with Crippen LogP contribution >= 0.6 is 0 Å². The second kappa shape index (κ2) is 5.20. The van der Waals surface area contributed by atoms with Gasteiger partial charge in [0, 0.05) is 20.3 Å². The van der Waals surface area contributed by atoms with E-state index in [1.54, 1.807) is 0 Å². The van der Waals surface area contributed by atoms with Gasteiger partial charge in [0.15, 0.2) is 0 Å². The summed E-state index contributed by atoms with van der Waals surface area (Å²) in [5, 5.41) is 5.35. The molecule has 0 amide bonds. The van der Waals surface area contributed by atoms with Crippen molar-refractivity contribution in [2.45, 2.75) is 13.8 Å². The number of nitrogens with one attached hydrogen (secondary N) is 2. The third-order valence-corrected chi connectivity index (χ3v) is 0.959. The van der Waals surface area contributed by atoms with Gasteiger partial charge in [-0.05, 0) is 5.92 Å². The highest BCUT2D eigenvalue weighted by Crippen LogP contribution is 1.90. The highest BCUT2D eigenvalue weighted by molar-refractivity contribution is 5.21. The van der Waals surface area contributed by atoms with E-state index < -0.39 is 0 Å². The van der Waals surface area contributed by atoms with Crippen molar-refractivity contribution in [1.29, 1.82) is 0 Å². The van der Waals surface area contributed by atoms with Crippen LogP contribution in [0.15, 0.2) is 5.10 Å². The molecule has 0 bridgehead atoms. The fourth-order valence-corrected chi connectivity index (χ4v) is 0.714. The molecule has 0 rings (SSSR count). The third-order valence-electron chi connectivity index (χ3n) is 0.959. The van der Waals surface area contributed by atoms with Crippen molar-refractivity contribution >= 4 is 6.72 Å². The third kappa shape index (κ3) is 5.53. The summed E-state index contributed by atoms with van der Waals surface area (Å²) < 4.78 is 0. The molecule has 0 aromatic heterocycles. The Labute approximate surface area is 62.2 Å². The molecule has 0 aliphatic heterocycles. The summed E-state index contributed by atoms with van der Waals surface area (Å²) in [6.45, 7) is 8.54. The van der Waals surface area contributed by atoms with Crippen molar-refractivity contribution in [3.8, 4) is 0 Å². The number of nitrogens with zero attached hydrogens (tertiary/aromatic N) is 2. The van der Waals surface area contributed by atoms with Crippen molar-refractivity contribution in [1.82, 2.24) is 16.1 Å². The van der Waals surface area contributed by atoms with Gasteiger partial charge in [-0.2, -0.15) is 10.6 Å². The first-order valence-corrected chi connectivity index (χ1v) is 3.34. The molecule has 0 fully saturated rings. The Morgan fingerprint density at radius 1 is 1.60 bits per heavy atom. The van der Waals surface area contributed by atoms with Gasteiger partial charge >= 0.3 is 0 Å². The molecule has 4 heteroatoms. The van der Waals surface area contributed by atoms with Crippen molar-refractivity contribution in [3.05, 3.63) is 0 Å². The molecule has 0 radical (unpaired) electrons. The zero-order valence-corrected chi connectivity index (χ0v) is 6.89. The maximum Gasteiger partial charge on any atom is 0.0168 e. The number of hydrazone groups is 1. The summed E-state index contributed by atoms with van der Waals surface area (Å²) in [5.41, 5.74) is 5.36. The van der Waals surface area contributed by atoms with Crippen LogP contribution in [0.1, 0.15) is 13.8 Å². The molecule has 0 spiro atoms. The second-order valence-electron chi connectivity index (χ2n) is 2.66. The summed E-state index contributed by atoms with van der Waals surface area (Å²) in [7, 11) is 1.94. The summed E-state index contributed by atoms with van der Waals surface area (Å²) in [6, 6.07) is 0. The molecule has 60 valence electrons. The quantitative estimate of drug-likeness (QED) is 0.427. The largest absolute Gasteiger partial charge is 0.230 e. The lowest BCUT2D eigenvalue weighted by Crippen LogP contribution is -2.43. The van der Waals surface area contributed by atoms with Crippen LogP contribution in [-0.2, 0) is 0 Å². The van der Waals surface area contributed by atoms with Gasteiger partial charge in [-0.15, -0.1) is 0 Å². The Morgan fingerprint density at radius 2 is 2.20 bits per heavy atom. The SMILES string of the molecule is C=NNNN(C)CC(C)C. The van der Waals surface area contributed by atoms with E-state index in [2.05, 4.69) is 36.7 Å². The molecular formula is C6H16N4. The van der Waals surface area contributed by atoms with Crippen molar-refractivity contribution in [2.24, 2.45) is 11.0 Å². The lowest BCUT2D eigenvalue weighted by Gasteiger charge is -2.18. The minimum Gasteiger partial charge on any atom is -0.230 e. The fraction of sp³-hybridized carbons (Fsp3) is 0.833. The maximum atomic E-state index is 3.43. The minimum absolute atomic E-state index is 0.643. The Hall–Kier alpha value is -0.610. The van der Waals surface area contributed by atoms with Gasteiger partial charge in [-0.3, -0.25) is 0 Å². The lowest BCUT2D eigenvalue weighted by molar-refractivity contribution is 0.175. The van der Waals surface area contributed by atoms with Crippen LogP contribution in [0.3, 0.4) is 0 Å². The van der Waals surface area contributed by atoms with Crippen LogP contribution in [-0.4, -0.2) is 25.3 Å². The predicted octanol–water partition coefficient (Wildman–Crippen LogP) is 0.199. The van der Waals surface area contributed by atoms with Gasteiger partial charge in [0.25, 0.3) is 0 Å². The van der Waals surface area contributed by atoms with Crippen LogP contribution in [0.25, 0.3) is 0 Å². The molecule has 2 N–H and O–H groups in total.